The molecule has 0 radical (unpaired) electrons. The van der Waals surface area contributed by atoms with Crippen molar-refractivity contribution in [3.05, 3.63) is 35.6 Å². The van der Waals surface area contributed by atoms with Crippen LogP contribution >= 0.6 is 0 Å². The Morgan fingerprint density at radius 2 is 1.95 bits per heavy atom. The number of nitrogens with zero attached hydrogens (tertiary/aromatic N) is 1. The predicted molar refractivity (Wildman–Crippen MR) is 65.3 cm³/mol. The van der Waals surface area contributed by atoms with Crippen LogP contribution in [-0.2, 0) is 16.1 Å². The highest BCUT2D eigenvalue weighted by molar-refractivity contribution is 5.75. The quantitative estimate of drug-likeness (QED) is 0.683. The van der Waals surface area contributed by atoms with Crippen LogP contribution in [0.2, 0.25) is 0 Å². The molecule has 1 fully saturated rings. The molecule has 2 rings (SSSR count). The number of ether oxygens (including phenoxy) is 1. The molecule has 0 saturated carbocycles. The second-order valence-electron chi connectivity index (χ2n) is 4.84. The molecule has 1 saturated heterocycles. The SMILES string of the molecule is N[C@H]1CCN(Cc2ccc(F)cc2)C1OC(=O)C(F)(F)F. The van der Waals surface area contributed by atoms with Crippen molar-refractivity contribution < 1.29 is 27.1 Å². The lowest BCUT2D eigenvalue weighted by molar-refractivity contribution is -0.212. The zero-order valence-corrected chi connectivity index (χ0v) is 10.9. The van der Waals surface area contributed by atoms with E-state index in [1.165, 1.54) is 29.2 Å². The molecule has 0 spiro atoms. The Morgan fingerprint density at radius 1 is 1.33 bits per heavy atom. The van der Waals surface area contributed by atoms with Gasteiger partial charge in [-0.15, -0.1) is 0 Å². The number of halogens is 4. The van der Waals surface area contributed by atoms with Crippen LogP contribution < -0.4 is 5.73 Å². The smallest absolute Gasteiger partial charge is 0.438 e. The average molecular weight is 306 g/mol. The minimum atomic E-state index is -5.05. The summed E-state index contributed by atoms with van der Waals surface area (Å²) in [5.41, 5.74) is 6.39. The van der Waals surface area contributed by atoms with Crippen molar-refractivity contribution in [3.8, 4) is 0 Å². The molecule has 1 aliphatic rings. The highest BCUT2D eigenvalue weighted by Gasteiger charge is 2.45. The Kier molecular flexibility index (Phi) is 4.48. The Balaban J connectivity index is 2.04. The summed E-state index contributed by atoms with van der Waals surface area (Å²) in [4.78, 5) is 12.5. The fraction of sp³-hybridized carbons (Fsp3) is 0.462. The van der Waals surface area contributed by atoms with Crippen LogP contribution in [0.25, 0.3) is 0 Å². The van der Waals surface area contributed by atoms with Gasteiger partial charge in [-0.1, -0.05) is 12.1 Å². The lowest BCUT2D eigenvalue weighted by atomic mass is 10.2. The predicted octanol–water partition coefficient (Wildman–Crippen LogP) is 1.79. The van der Waals surface area contributed by atoms with Crippen LogP contribution in [0.1, 0.15) is 12.0 Å². The van der Waals surface area contributed by atoms with Crippen LogP contribution in [-0.4, -0.2) is 35.9 Å². The molecular weight excluding hydrogens is 292 g/mol. The number of carbonyl (C=O) groups is 1. The van der Waals surface area contributed by atoms with Gasteiger partial charge in [-0.25, -0.2) is 9.18 Å². The van der Waals surface area contributed by atoms with Crippen LogP contribution in [0, 0.1) is 5.82 Å². The molecule has 2 atom stereocenters. The van der Waals surface area contributed by atoms with Gasteiger partial charge in [0.25, 0.3) is 0 Å². The summed E-state index contributed by atoms with van der Waals surface area (Å²) in [5, 5.41) is 0. The fourth-order valence-electron chi connectivity index (χ4n) is 2.19. The minimum absolute atomic E-state index is 0.226. The van der Waals surface area contributed by atoms with E-state index >= 15 is 0 Å². The van der Waals surface area contributed by atoms with Gasteiger partial charge in [-0.2, -0.15) is 13.2 Å². The zero-order chi connectivity index (χ0) is 15.6. The summed E-state index contributed by atoms with van der Waals surface area (Å²) < 4.78 is 54.0. The van der Waals surface area contributed by atoms with Gasteiger partial charge in [0.05, 0.1) is 6.04 Å². The molecule has 1 aromatic rings. The van der Waals surface area contributed by atoms with E-state index in [9.17, 15) is 22.4 Å². The van der Waals surface area contributed by atoms with Gasteiger partial charge in [-0.3, -0.25) is 4.90 Å². The third kappa shape index (κ3) is 3.92. The Hall–Kier alpha value is -1.67. The number of esters is 1. The van der Waals surface area contributed by atoms with Crippen molar-refractivity contribution in [1.82, 2.24) is 4.90 Å². The van der Waals surface area contributed by atoms with Gasteiger partial charge in [-0.05, 0) is 24.1 Å². The molecule has 8 heteroatoms. The molecular formula is C13H14F4N2O2. The van der Waals surface area contributed by atoms with E-state index < -0.39 is 30.2 Å². The average Bonchev–Trinajstić information content (AvgIpc) is 2.73. The van der Waals surface area contributed by atoms with Crippen molar-refractivity contribution in [3.63, 3.8) is 0 Å². The van der Waals surface area contributed by atoms with Gasteiger partial charge < -0.3 is 10.5 Å². The Bertz CT molecular complexity index is 504. The number of benzene rings is 1. The number of hydrogen-bond donors (Lipinski definition) is 1. The first-order valence-corrected chi connectivity index (χ1v) is 6.29. The maximum Gasteiger partial charge on any atom is 0.490 e. The standard InChI is InChI=1S/C13H14F4N2O2/c14-9-3-1-8(2-4-9)7-19-6-5-10(18)11(19)21-12(20)13(15,16)17/h1-4,10-11H,5-7,18H2/t10-,11?/m0/s1. The lowest BCUT2D eigenvalue weighted by Gasteiger charge is -2.26. The van der Waals surface area contributed by atoms with E-state index in [0.29, 0.717) is 18.5 Å². The molecule has 116 valence electrons. The summed E-state index contributed by atoms with van der Waals surface area (Å²) in [5.74, 6) is -2.66. The first kappa shape index (κ1) is 15.7. The van der Waals surface area contributed by atoms with Crippen LogP contribution in [0.15, 0.2) is 24.3 Å². The van der Waals surface area contributed by atoms with Crippen molar-refractivity contribution >= 4 is 5.97 Å². The Morgan fingerprint density at radius 3 is 2.52 bits per heavy atom. The molecule has 4 nitrogen and oxygen atoms in total. The second-order valence-corrected chi connectivity index (χ2v) is 4.84. The summed E-state index contributed by atoms with van der Waals surface area (Å²) >= 11 is 0. The lowest BCUT2D eigenvalue weighted by Crippen LogP contribution is -2.45. The van der Waals surface area contributed by atoms with E-state index in [4.69, 9.17) is 5.73 Å². The van der Waals surface area contributed by atoms with E-state index in [-0.39, 0.29) is 6.54 Å². The number of carbonyl (C=O) groups excluding carboxylic acids is 1. The topological polar surface area (TPSA) is 55.6 Å². The van der Waals surface area contributed by atoms with E-state index in [2.05, 4.69) is 4.74 Å². The van der Waals surface area contributed by atoms with Crippen molar-refractivity contribution in [2.45, 2.75) is 31.4 Å². The van der Waals surface area contributed by atoms with E-state index in [1.54, 1.807) is 0 Å². The van der Waals surface area contributed by atoms with E-state index in [1.807, 2.05) is 0 Å². The molecule has 1 unspecified atom stereocenters. The highest BCUT2D eigenvalue weighted by atomic mass is 19.4. The molecule has 1 aliphatic heterocycles. The second kappa shape index (κ2) is 5.98. The van der Waals surface area contributed by atoms with Crippen molar-refractivity contribution in [1.29, 1.82) is 0 Å². The van der Waals surface area contributed by atoms with Crippen molar-refractivity contribution in [2.24, 2.45) is 5.73 Å². The largest absolute Gasteiger partial charge is 0.490 e. The summed E-state index contributed by atoms with van der Waals surface area (Å²) in [6.45, 7) is 0.623. The van der Waals surface area contributed by atoms with Gasteiger partial charge >= 0.3 is 12.1 Å². The van der Waals surface area contributed by atoms with Gasteiger partial charge in [0.1, 0.15) is 5.82 Å². The number of nitrogens with two attached hydrogens (primary N) is 1. The summed E-state index contributed by atoms with van der Waals surface area (Å²) in [6, 6.07) is 4.85. The van der Waals surface area contributed by atoms with Gasteiger partial charge in [0.2, 0.25) is 0 Å². The molecule has 0 aliphatic carbocycles. The summed E-state index contributed by atoms with van der Waals surface area (Å²) in [7, 11) is 0. The Labute approximate surface area is 118 Å². The van der Waals surface area contributed by atoms with Gasteiger partial charge in [0, 0.05) is 13.1 Å². The minimum Gasteiger partial charge on any atom is -0.438 e. The molecule has 0 aromatic heterocycles. The van der Waals surface area contributed by atoms with Crippen molar-refractivity contribution in [2.75, 3.05) is 6.54 Å². The highest BCUT2D eigenvalue weighted by Crippen LogP contribution is 2.24. The first-order chi connectivity index (χ1) is 9.77. The van der Waals surface area contributed by atoms with E-state index in [0.717, 1.165) is 0 Å². The van der Waals surface area contributed by atoms with Gasteiger partial charge in [0.15, 0.2) is 6.23 Å². The number of hydrogen-bond acceptors (Lipinski definition) is 4. The maximum atomic E-state index is 12.8. The molecule has 0 bridgehead atoms. The zero-order valence-electron chi connectivity index (χ0n) is 10.9. The monoisotopic (exact) mass is 306 g/mol. The molecule has 21 heavy (non-hydrogen) atoms. The number of alkyl halides is 3. The molecule has 0 amide bonds. The third-order valence-corrected chi connectivity index (χ3v) is 3.23. The number of likely N-dealkylation sites (tertiary alicyclic amines) is 1. The van der Waals surface area contributed by atoms with Crippen LogP contribution in [0.4, 0.5) is 17.6 Å². The summed E-state index contributed by atoms with van der Waals surface area (Å²) in [6.07, 6.45) is -5.77. The van der Waals surface area contributed by atoms with Crippen LogP contribution in [0.5, 0.6) is 0 Å². The van der Waals surface area contributed by atoms with Crippen LogP contribution in [0.3, 0.4) is 0 Å². The maximum absolute atomic E-state index is 12.8. The fourth-order valence-corrected chi connectivity index (χ4v) is 2.19. The normalized spacial score (nSPS) is 23.3. The number of rotatable bonds is 3. The first-order valence-electron chi connectivity index (χ1n) is 6.29. The molecule has 2 N–H and O–H groups in total. The third-order valence-electron chi connectivity index (χ3n) is 3.23. The molecule has 1 heterocycles. The molecule has 1 aromatic carbocycles.